The summed E-state index contributed by atoms with van der Waals surface area (Å²) in [5.74, 6) is -0.746. The Labute approximate surface area is 117 Å². The Hall–Kier alpha value is -2.24. The molecule has 0 bridgehead atoms. The number of aromatic nitrogens is 4. The Morgan fingerprint density at radius 2 is 2.10 bits per heavy atom. The Morgan fingerprint density at radius 3 is 2.85 bits per heavy atom. The molecule has 2 rings (SSSR count). The monoisotopic (exact) mass is 274 g/mol. The maximum Gasteiger partial charge on any atom is 0.303 e. The molecule has 0 fully saturated rings. The van der Waals surface area contributed by atoms with Gasteiger partial charge in [0.15, 0.2) is 0 Å². The zero-order chi connectivity index (χ0) is 14.2. The normalized spacial score (nSPS) is 10.6. The van der Waals surface area contributed by atoms with Gasteiger partial charge in [-0.3, -0.25) is 14.5 Å². The largest absolute Gasteiger partial charge is 0.481 e. The van der Waals surface area contributed by atoms with Crippen LogP contribution >= 0.6 is 0 Å². The maximum atomic E-state index is 10.4. The number of carboxylic acids is 1. The van der Waals surface area contributed by atoms with E-state index in [1.165, 1.54) is 0 Å². The maximum absolute atomic E-state index is 10.4. The molecular formula is C14H18N4O2. The number of rotatable bonds is 8. The zero-order valence-corrected chi connectivity index (χ0v) is 11.3. The van der Waals surface area contributed by atoms with Crippen molar-refractivity contribution in [3.05, 3.63) is 42.0 Å². The summed E-state index contributed by atoms with van der Waals surface area (Å²) in [6.45, 7) is 0.749. The topological polar surface area (TPSA) is 80.9 Å². The second-order valence-corrected chi connectivity index (χ2v) is 4.64. The van der Waals surface area contributed by atoms with Gasteiger partial charge in [-0.15, -0.1) is 5.10 Å². The average Bonchev–Trinajstić information content (AvgIpc) is 2.90. The van der Waals surface area contributed by atoms with Gasteiger partial charge >= 0.3 is 5.97 Å². The SMILES string of the molecule is O=C(O)CCCCc1cn(CCc2ccccn2)nn1. The van der Waals surface area contributed by atoms with Crippen molar-refractivity contribution in [2.24, 2.45) is 0 Å². The van der Waals surface area contributed by atoms with Crippen LogP contribution in [-0.4, -0.2) is 31.1 Å². The van der Waals surface area contributed by atoms with Crippen LogP contribution in [0, 0.1) is 0 Å². The third kappa shape index (κ3) is 4.79. The number of carboxylic acid groups (broad SMARTS) is 1. The molecule has 0 saturated carbocycles. The van der Waals surface area contributed by atoms with E-state index < -0.39 is 5.97 Å². The lowest BCUT2D eigenvalue weighted by Gasteiger charge is -1.99. The Balaban J connectivity index is 1.73. The first kappa shape index (κ1) is 14.2. The molecular weight excluding hydrogens is 256 g/mol. The summed E-state index contributed by atoms with van der Waals surface area (Å²) in [6, 6.07) is 5.86. The van der Waals surface area contributed by atoms with Gasteiger partial charge in [-0.25, -0.2) is 0 Å². The van der Waals surface area contributed by atoms with Gasteiger partial charge in [-0.05, 0) is 31.4 Å². The first-order valence-corrected chi connectivity index (χ1v) is 6.75. The molecule has 0 aliphatic carbocycles. The van der Waals surface area contributed by atoms with E-state index in [9.17, 15) is 4.79 Å². The second kappa shape index (κ2) is 7.37. The molecule has 1 N–H and O–H groups in total. The van der Waals surface area contributed by atoms with E-state index in [4.69, 9.17) is 5.11 Å². The Bertz CT molecular complexity index is 539. The van der Waals surface area contributed by atoms with Gasteiger partial charge in [0.1, 0.15) is 0 Å². The van der Waals surface area contributed by atoms with Crippen molar-refractivity contribution in [1.29, 1.82) is 0 Å². The van der Waals surface area contributed by atoms with Crippen LogP contribution in [-0.2, 0) is 24.2 Å². The number of aliphatic carboxylic acids is 1. The van der Waals surface area contributed by atoms with Crippen molar-refractivity contribution < 1.29 is 9.90 Å². The van der Waals surface area contributed by atoms with Gasteiger partial charge in [0, 0.05) is 37.5 Å². The molecule has 0 atom stereocenters. The summed E-state index contributed by atoms with van der Waals surface area (Å²) in [7, 11) is 0. The van der Waals surface area contributed by atoms with Gasteiger partial charge in [0.05, 0.1) is 5.69 Å². The molecule has 0 radical (unpaired) electrons. The minimum Gasteiger partial charge on any atom is -0.481 e. The van der Waals surface area contributed by atoms with Crippen LogP contribution in [0.25, 0.3) is 0 Å². The van der Waals surface area contributed by atoms with Crippen LogP contribution in [0.4, 0.5) is 0 Å². The van der Waals surface area contributed by atoms with Gasteiger partial charge in [0.25, 0.3) is 0 Å². The van der Waals surface area contributed by atoms with E-state index in [1.807, 2.05) is 24.4 Å². The number of hydrogen-bond acceptors (Lipinski definition) is 4. The highest BCUT2D eigenvalue weighted by atomic mass is 16.4. The summed E-state index contributed by atoms with van der Waals surface area (Å²) in [5, 5.41) is 16.7. The number of aryl methyl sites for hydroxylation is 3. The molecule has 0 unspecified atom stereocenters. The summed E-state index contributed by atoms with van der Waals surface area (Å²) in [5.41, 5.74) is 1.95. The third-order valence-electron chi connectivity index (χ3n) is 2.98. The molecule has 2 aromatic rings. The molecule has 0 amide bonds. The first-order chi connectivity index (χ1) is 9.74. The lowest BCUT2D eigenvalue weighted by atomic mass is 10.1. The van der Waals surface area contributed by atoms with Crippen LogP contribution in [0.5, 0.6) is 0 Å². The molecule has 0 aliphatic rings. The molecule has 2 heterocycles. The molecule has 6 heteroatoms. The number of hydrogen-bond donors (Lipinski definition) is 1. The molecule has 2 aromatic heterocycles. The predicted molar refractivity (Wildman–Crippen MR) is 73.2 cm³/mol. The van der Waals surface area contributed by atoms with Crippen LogP contribution in [0.2, 0.25) is 0 Å². The van der Waals surface area contributed by atoms with Gasteiger partial charge in [0.2, 0.25) is 0 Å². The molecule has 106 valence electrons. The standard InChI is InChI=1S/C14H18N4O2/c19-14(20)7-2-1-6-13-11-18(17-16-13)10-8-12-5-3-4-9-15-12/h3-5,9,11H,1-2,6-8,10H2,(H,19,20). The van der Waals surface area contributed by atoms with Crippen LogP contribution in [0.3, 0.4) is 0 Å². The molecule has 20 heavy (non-hydrogen) atoms. The van der Waals surface area contributed by atoms with Gasteiger partial charge in [-0.1, -0.05) is 11.3 Å². The Morgan fingerprint density at radius 1 is 1.20 bits per heavy atom. The highest BCUT2D eigenvalue weighted by Gasteiger charge is 2.03. The smallest absolute Gasteiger partial charge is 0.303 e. The number of carbonyl (C=O) groups is 1. The summed E-state index contributed by atoms with van der Waals surface area (Å²) in [4.78, 5) is 14.7. The van der Waals surface area contributed by atoms with Crippen molar-refractivity contribution in [1.82, 2.24) is 20.0 Å². The van der Waals surface area contributed by atoms with Crippen molar-refractivity contribution in [2.45, 2.75) is 38.6 Å². The molecule has 0 spiro atoms. The molecule has 0 aliphatic heterocycles. The van der Waals surface area contributed by atoms with Crippen molar-refractivity contribution in [3.8, 4) is 0 Å². The zero-order valence-electron chi connectivity index (χ0n) is 11.3. The Kier molecular flexibility index (Phi) is 5.23. The minimum absolute atomic E-state index is 0.216. The van der Waals surface area contributed by atoms with Crippen LogP contribution in [0.15, 0.2) is 30.6 Å². The first-order valence-electron chi connectivity index (χ1n) is 6.75. The van der Waals surface area contributed by atoms with Crippen molar-refractivity contribution in [3.63, 3.8) is 0 Å². The van der Waals surface area contributed by atoms with Crippen molar-refractivity contribution in [2.75, 3.05) is 0 Å². The lowest BCUT2D eigenvalue weighted by Crippen LogP contribution is -2.03. The fraction of sp³-hybridized carbons (Fsp3) is 0.429. The summed E-state index contributed by atoms with van der Waals surface area (Å²) >= 11 is 0. The fourth-order valence-corrected chi connectivity index (χ4v) is 1.92. The lowest BCUT2D eigenvalue weighted by molar-refractivity contribution is -0.137. The fourth-order valence-electron chi connectivity index (χ4n) is 1.92. The second-order valence-electron chi connectivity index (χ2n) is 4.64. The number of pyridine rings is 1. The van der Waals surface area contributed by atoms with Crippen LogP contribution in [0.1, 0.15) is 30.7 Å². The predicted octanol–water partition coefficient (Wildman–Crippen LogP) is 1.71. The summed E-state index contributed by atoms with van der Waals surface area (Å²) < 4.78 is 1.81. The van der Waals surface area contributed by atoms with E-state index >= 15 is 0 Å². The van der Waals surface area contributed by atoms with Gasteiger partial charge < -0.3 is 5.11 Å². The number of nitrogens with zero attached hydrogens (tertiary/aromatic N) is 4. The third-order valence-corrected chi connectivity index (χ3v) is 2.98. The van der Waals surface area contributed by atoms with E-state index in [0.717, 1.165) is 37.2 Å². The molecule has 0 saturated heterocycles. The minimum atomic E-state index is -0.746. The molecule has 0 aromatic carbocycles. The van der Waals surface area contributed by atoms with E-state index in [1.54, 1.807) is 10.9 Å². The molecule has 6 nitrogen and oxygen atoms in total. The van der Waals surface area contributed by atoms with Gasteiger partial charge in [-0.2, -0.15) is 0 Å². The highest BCUT2D eigenvalue weighted by molar-refractivity contribution is 5.66. The highest BCUT2D eigenvalue weighted by Crippen LogP contribution is 2.04. The summed E-state index contributed by atoms with van der Waals surface area (Å²) in [6.07, 6.45) is 7.02. The average molecular weight is 274 g/mol. The van der Waals surface area contributed by atoms with E-state index in [2.05, 4.69) is 15.3 Å². The van der Waals surface area contributed by atoms with E-state index in [-0.39, 0.29) is 6.42 Å². The van der Waals surface area contributed by atoms with Crippen LogP contribution < -0.4 is 0 Å². The van der Waals surface area contributed by atoms with E-state index in [0.29, 0.717) is 6.42 Å². The number of unbranched alkanes of at least 4 members (excludes halogenated alkanes) is 1. The van der Waals surface area contributed by atoms with Crippen molar-refractivity contribution >= 4 is 5.97 Å². The quantitative estimate of drug-likeness (QED) is 0.741.